The highest BCUT2D eigenvalue weighted by atomic mass is 16.5. The van der Waals surface area contributed by atoms with Gasteiger partial charge in [-0.3, -0.25) is 9.59 Å². The minimum Gasteiger partial charge on any atom is -0.467 e. The van der Waals surface area contributed by atoms with Crippen molar-refractivity contribution in [2.24, 2.45) is 13.0 Å². The summed E-state index contributed by atoms with van der Waals surface area (Å²) in [6.45, 7) is 3.93. The third-order valence-corrected chi connectivity index (χ3v) is 4.17. The third-order valence-electron chi connectivity index (χ3n) is 4.17. The van der Waals surface area contributed by atoms with Gasteiger partial charge in [-0.25, -0.2) is 9.78 Å². The van der Waals surface area contributed by atoms with E-state index in [-0.39, 0.29) is 30.2 Å². The Morgan fingerprint density at radius 2 is 1.96 bits per heavy atom. The Kier molecular flexibility index (Phi) is 6.49. The van der Waals surface area contributed by atoms with Gasteiger partial charge in [0.25, 0.3) is 5.56 Å². The molecular weight excluding hydrogens is 334 g/mol. The van der Waals surface area contributed by atoms with E-state index in [9.17, 15) is 14.4 Å². The van der Waals surface area contributed by atoms with Crippen molar-refractivity contribution < 1.29 is 14.3 Å². The number of para-hydroxylation sites is 2. The highest BCUT2D eigenvalue weighted by Crippen LogP contribution is 2.10. The van der Waals surface area contributed by atoms with Crippen molar-refractivity contribution in [2.75, 3.05) is 7.11 Å². The Hall–Kier alpha value is -2.70. The number of nitrogens with zero attached hydrogens (tertiary/aromatic N) is 2. The van der Waals surface area contributed by atoms with E-state index in [1.54, 1.807) is 7.05 Å². The molecule has 1 unspecified atom stereocenters. The molecule has 1 heterocycles. The van der Waals surface area contributed by atoms with Gasteiger partial charge in [0.2, 0.25) is 5.91 Å². The summed E-state index contributed by atoms with van der Waals surface area (Å²) in [5, 5.41) is 2.69. The highest BCUT2D eigenvalue weighted by molar-refractivity contribution is 5.84. The van der Waals surface area contributed by atoms with Gasteiger partial charge >= 0.3 is 5.97 Å². The molecule has 140 valence electrons. The number of esters is 1. The van der Waals surface area contributed by atoms with Crippen molar-refractivity contribution in [2.45, 2.75) is 39.2 Å². The van der Waals surface area contributed by atoms with E-state index in [1.165, 1.54) is 11.7 Å². The van der Waals surface area contributed by atoms with E-state index >= 15 is 0 Å². The number of carbonyl (C=O) groups excluding carboxylic acids is 2. The molecule has 0 saturated carbocycles. The van der Waals surface area contributed by atoms with E-state index < -0.39 is 12.0 Å². The zero-order chi connectivity index (χ0) is 19.3. The summed E-state index contributed by atoms with van der Waals surface area (Å²) < 4.78 is 6.27. The van der Waals surface area contributed by atoms with Crippen molar-refractivity contribution in [3.05, 3.63) is 40.3 Å². The van der Waals surface area contributed by atoms with Crippen molar-refractivity contribution in [3.63, 3.8) is 0 Å². The zero-order valence-corrected chi connectivity index (χ0v) is 15.6. The molecule has 1 atom stereocenters. The second kappa shape index (κ2) is 8.60. The molecule has 7 nitrogen and oxygen atoms in total. The lowest BCUT2D eigenvalue weighted by Crippen LogP contribution is -2.42. The minimum atomic E-state index is -0.681. The SMILES string of the molecule is COC(=O)C(CC(C)C)NC(=O)CCc1nc2ccccc2n(C)c1=O. The number of aryl methyl sites for hydroxylation is 2. The summed E-state index contributed by atoms with van der Waals surface area (Å²) in [4.78, 5) is 40.8. The predicted octanol–water partition coefficient (Wildman–Crippen LogP) is 1.57. The second-order valence-electron chi connectivity index (χ2n) is 6.68. The zero-order valence-electron chi connectivity index (χ0n) is 15.6. The van der Waals surface area contributed by atoms with Crippen LogP contribution in [-0.2, 0) is 27.8 Å². The molecule has 0 radical (unpaired) electrons. The van der Waals surface area contributed by atoms with Gasteiger partial charge in [0, 0.05) is 19.9 Å². The largest absolute Gasteiger partial charge is 0.467 e. The predicted molar refractivity (Wildman–Crippen MR) is 98.7 cm³/mol. The molecule has 2 rings (SSSR count). The molecule has 26 heavy (non-hydrogen) atoms. The van der Waals surface area contributed by atoms with Gasteiger partial charge in [-0.2, -0.15) is 0 Å². The lowest BCUT2D eigenvalue weighted by Gasteiger charge is -2.18. The molecular formula is C19H25N3O4. The van der Waals surface area contributed by atoms with Gasteiger partial charge in [0.05, 0.1) is 18.1 Å². The van der Waals surface area contributed by atoms with Crippen molar-refractivity contribution >= 4 is 22.9 Å². The Balaban J connectivity index is 2.09. The number of nitrogens with one attached hydrogen (secondary N) is 1. The number of rotatable bonds is 7. The average Bonchev–Trinajstić information content (AvgIpc) is 2.62. The van der Waals surface area contributed by atoms with Crippen molar-refractivity contribution in [1.82, 2.24) is 14.9 Å². The Morgan fingerprint density at radius 3 is 2.62 bits per heavy atom. The fraction of sp³-hybridized carbons (Fsp3) is 0.474. The lowest BCUT2D eigenvalue weighted by atomic mass is 10.0. The fourth-order valence-corrected chi connectivity index (χ4v) is 2.83. The maximum Gasteiger partial charge on any atom is 0.328 e. The summed E-state index contributed by atoms with van der Waals surface area (Å²) in [5.41, 5.74) is 1.56. The van der Waals surface area contributed by atoms with Gasteiger partial charge in [-0.15, -0.1) is 0 Å². The smallest absolute Gasteiger partial charge is 0.328 e. The number of benzene rings is 1. The van der Waals surface area contributed by atoms with Gasteiger partial charge in [-0.05, 0) is 24.5 Å². The van der Waals surface area contributed by atoms with Crippen LogP contribution in [0, 0.1) is 5.92 Å². The maximum atomic E-state index is 12.4. The topological polar surface area (TPSA) is 90.3 Å². The van der Waals surface area contributed by atoms with Crippen LogP contribution in [0.4, 0.5) is 0 Å². The molecule has 0 saturated heterocycles. The van der Waals surface area contributed by atoms with E-state index in [4.69, 9.17) is 4.74 Å². The monoisotopic (exact) mass is 359 g/mol. The van der Waals surface area contributed by atoms with Crippen LogP contribution in [0.15, 0.2) is 29.1 Å². The number of ether oxygens (including phenoxy) is 1. The summed E-state index contributed by atoms with van der Waals surface area (Å²) in [7, 11) is 2.98. The van der Waals surface area contributed by atoms with Crippen LogP contribution in [-0.4, -0.2) is 34.6 Å². The van der Waals surface area contributed by atoms with Gasteiger partial charge in [0.1, 0.15) is 11.7 Å². The van der Waals surface area contributed by atoms with E-state index in [1.807, 2.05) is 38.1 Å². The molecule has 0 fully saturated rings. The van der Waals surface area contributed by atoms with Crippen LogP contribution in [0.3, 0.4) is 0 Å². The molecule has 1 amide bonds. The molecule has 2 aromatic rings. The summed E-state index contributed by atoms with van der Waals surface area (Å²) in [6.07, 6.45) is 0.777. The number of hydrogen-bond acceptors (Lipinski definition) is 5. The number of aromatic nitrogens is 2. The Bertz CT molecular complexity index is 857. The first-order valence-electron chi connectivity index (χ1n) is 8.65. The van der Waals surface area contributed by atoms with Crippen LogP contribution in [0.1, 0.15) is 32.4 Å². The van der Waals surface area contributed by atoms with Crippen LogP contribution in [0.2, 0.25) is 0 Å². The maximum absolute atomic E-state index is 12.4. The normalized spacial score (nSPS) is 12.2. The van der Waals surface area contributed by atoms with Gasteiger partial charge < -0.3 is 14.6 Å². The molecule has 0 spiro atoms. The standard InChI is InChI=1S/C19H25N3O4/c1-12(2)11-15(19(25)26-4)21-17(23)10-9-14-18(24)22(3)16-8-6-5-7-13(16)20-14/h5-8,12,15H,9-11H2,1-4H3,(H,21,23). The molecule has 0 aliphatic carbocycles. The van der Waals surface area contributed by atoms with Crippen molar-refractivity contribution in [1.29, 1.82) is 0 Å². The Labute approximate surface area is 152 Å². The lowest BCUT2D eigenvalue weighted by molar-refractivity contribution is -0.145. The number of methoxy groups -OCH3 is 1. The first kappa shape index (κ1) is 19.6. The first-order valence-corrected chi connectivity index (χ1v) is 8.65. The molecule has 1 aromatic carbocycles. The summed E-state index contributed by atoms with van der Waals surface area (Å²) in [5.74, 6) is -0.543. The van der Waals surface area contributed by atoms with Crippen LogP contribution >= 0.6 is 0 Å². The average molecular weight is 359 g/mol. The van der Waals surface area contributed by atoms with Crippen LogP contribution in [0.25, 0.3) is 11.0 Å². The molecule has 0 bridgehead atoms. The molecule has 7 heteroatoms. The van der Waals surface area contributed by atoms with E-state index in [2.05, 4.69) is 10.3 Å². The first-order chi connectivity index (χ1) is 12.3. The third kappa shape index (κ3) is 4.68. The highest BCUT2D eigenvalue weighted by Gasteiger charge is 2.22. The molecule has 1 N–H and O–H groups in total. The molecule has 0 aliphatic rings. The van der Waals surface area contributed by atoms with Crippen LogP contribution in [0.5, 0.6) is 0 Å². The fourth-order valence-electron chi connectivity index (χ4n) is 2.83. The van der Waals surface area contributed by atoms with Crippen LogP contribution < -0.4 is 10.9 Å². The number of fused-ring (bicyclic) bond motifs is 1. The number of hydrogen-bond donors (Lipinski definition) is 1. The quantitative estimate of drug-likeness (QED) is 0.758. The second-order valence-corrected chi connectivity index (χ2v) is 6.68. The van der Waals surface area contributed by atoms with E-state index in [0.717, 1.165) is 5.52 Å². The summed E-state index contributed by atoms with van der Waals surface area (Å²) >= 11 is 0. The molecule has 1 aromatic heterocycles. The van der Waals surface area contributed by atoms with E-state index in [0.29, 0.717) is 17.6 Å². The number of carbonyl (C=O) groups is 2. The van der Waals surface area contributed by atoms with Crippen molar-refractivity contribution in [3.8, 4) is 0 Å². The summed E-state index contributed by atoms with van der Waals surface area (Å²) in [6, 6.07) is 6.67. The Morgan fingerprint density at radius 1 is 1.27 bits per heavy atom. The molecule has 0 aliphatic heterocycles. The van der Waals surface area contributed by atoms with Gasteiger partial charge in [-0.1, -0.05) is 26.0 Å². The minimum absolute atomic E-state index is 0.0756. The van der Waals surface area contributed by atoms with Gasteiger partial charge in [0.15, 0.2) is 0 Å². The number of amides is 1.